The number of alkyl halides is 4. The standard InChI is InChI=1S/C47H84F4N2O5/c1-4-6-8-10-12-18-24-34-46(48,49)36-29-41-57-44(55)32-22-16-14-20-26-39-53(43(54)31-28-38-52-3)40-27-21-15-17-23-33-45(56)58-42-30-37-47(50,51)35-25-19-13-11-9-7-5-2/h29-30,36-37,52H,4-28,31-35,38-42H2,1-3H3/b36-29-,37-30-. The van der Waals surface area contributed by atoms with E-state index in [1.54, 1.807) is 0 Å². The van der Waals surface area contributed by atoms with Gasteiger partial charge in [-0.15, -0.1) is 0 Å². The number of hydrogen-bond donors (Lipinski definition) is 1. The van der Waals surface area contributed by atoms with Gasteiger partial charge in [0.15, 0.2) is 0 Å². The van der Waals surface area contributed by atoms with Gasteiger partial charge < -0.3 is 19.7 Å². The fourth-order valence-electron chi connectivity index (χ4n) is 6.81. The van der Waals surface area contributed by atoms with Crippen LogP contribution in [0.1, 0.15) is 206 Å². The molecular weight excluding hydrogens is 749 g/mol. The summed E-state index contributed by atoms with van der Waals surface area (Å²) >= 11 is 0. The minimum atomic E-state index is -2.87. The fourth-order valence-corrected chi connectivity index (χ4v) is 6.81. The van der Waals surface area contributed by atoms with Crippen LogP contribution in [0.15, 0.2) is 24.3 Å². The zero-order valence-electron chi connectivity index (χ0n) is 37.1. The number of nitrogens with one attached hydrogen (secondary N) is 1. The molecule has 0 aliphatic rings. The van der Waals surface area contributed by atoms with Crippen molar-refractivity contribution in [1.29, 1.82) is 0 Å². The first-order chi connectivity index (χ1) is 28.0. The van der Waals surface area contributed by atoms with Gasteiger partial charge in [-0.3, -0.25) is 14.4 Å². The number of nitrogens with zero attached hydrogens (tertiary/aromatic N) is 1. The highest BCUT2D eigenvalue weighted by molar-refractivity contribution is 5.76. The molecule has 0 rings (SSSR count). The molecule has 0 heterocycles. The lowest BCUT2D eigenvalue weighted by atomic mass is 10.1. The Balaban J connectivity index is 4.15. The van der Waals surface area contributed by atoms with Crippen LogP contribution in [0.25, 0.3) is 0 Å². The maximum atomic E-state index is 14.1. The minimum Gasteiger partial charge on any atom is -0.461 e. The van der Waals surface area contributed by atoms with Crippen molar-refractivity contribution in [3.05, 3.63) is 24.3 Å². The molecule has 58 heavy (non-hydrogen) atoms. The highest BCUT2D eigenvalue weighted by Gasteiger charge is 2.24. The van der Waals surface area contributed by atoms with E-state index in [0.717, 1.165) is 115 Å². The van der Waals surface area contributed by atoms with E-state index >= 15 is 0 Å². The van der Waals surface area contributed by atoms with Crippen molar-refractivity contribution in [1.82, 2.24) is 10.2 Å². The van der Waals surface area contributed by atoms with E-state index in [-0.39, 0.29) is 56.7 Å². The van der Waals surface area contributed by atoms with Gasteiger partial charge in [-0.2, -0.15) is 0 Å². The Morgan fingerprint density at radius 2 is 0.862 bits per heavy atom. The van der Waals surface area contributed by atoms with E-state index in [1.807, 2.05) is 11.9 Å². The van der Waals surface area contributed by atoms with Crippen molar-refractivity contribution in [2.75, 3.05) is 39.9 Å². The van der Waals surface area contributed by atoms with Crippen molar-refractivity contribution < 1.29 is 41.4 Å². The molecule has 0 radical (unpaired) electrons. The third-order valence-corrected chi connectivity index (χ3v) is 10.4. The molecule has 11 heteroatoms. The summed E-state index contributed by atoms with van der Waals surface area (Å²) in [4.78, 5) is 39.0. The number of hydrogen-bond acceptors (Lipinski definition) is 6. The number of amides is 1. The van der Waals surface area contributed by atoms with Crippen molar-refractivity contribution in [2.24, 2.45) is 0 Å². The fraction of sp³-hybridized carbons (Fsp3) is 0.851. The third-order valence-electron chi connectivity index (χ3n) is 10.4. The second kappa shape index (κ2) is 38.8. The molecule has 340 valence electrons. The Kier molecular flexibility index (Phi) is 37.1. The average Bonchev–Trinajstić information content (AvgIpc) is 3.19. The lowest BCUT2D eigenvalue weighted by Crippen LogP contribution is -2.33. The van der Waals surface area contributed by atoms with Gasteiger partial charge in [0.1, 0.15) is 13.2 Å². The molecule has 0 spiro atoms. The lowest BCUT2D eigenvalue weighted by Gasteiger charge is -2.23. The predicted octanol–water partition coefficient (Wildman–Crippen LogP) is 13.2. The molecule has 1 N–H and O–H groups in total. The van der Waals surface area contributed by atoms with Crippen LogP contribution >= 0.6 is 0 Å². The molecule has 0 aliphatic carbocycles. The summed E-state index contributed by atoms with van der Waals surface area (Å²) in [7, 11) is 1.87. The van der Waals surface area contributed by atoms with Crippen LogP contribution < -0.4 is 5.32 Å². The summed E-state index contributed by atoms with van der Waals surface area (Å²) in [5, 5.41) is 3.09. The van der Waals surface area contributed by atoms with Crippen LogP contribution in [0, 0.1) is 0 Å². The van der Waals surface area contributed by atoms with Gasteiger partial charge in [0, 0.05) is 45.2 Å². The summed E-state index contributed by atoms with van der Waals surface area (Å²) in [6, 6.07) is 0. The summed E-state index contributed by atoms with van der Waals surface area (Å²) < 4.78 is 66.5. The van der Waals surface area contributed by atoms with E-state index in [1.165, 1.54) is 50.7 Å². The first-order valence-corrected chi connectivity index (χ1v) is 23.3. The van der Waals surface area contributed by atoms with Gasteiger partial charge in [-0.25, -0.2) is 17.6 Å². The minimum absolute atomic E-state index is 0.136. The highest BCUT2D eigenvalue weighted by Crippen LogP contribution is 2.25. The zero-order chi connectivity index (χ0) is 43.0. The molecule has 0 atom stereocenters. The van der Waals surface area contributed by atoms with E-state index in [4.69, 9.17) is 9.47 Å². The van der Waals surface area contributed by atoms with Crippen LogP contribution in [0.3, 0.4) is 0 Å². The van der Waals surface area contributed by atoms with Gasteiger partial charge in [0.05, 0.1) is 0 Å². The summed E-state index contributed by atoms with van der Waals surface area (Å²) in [5.74, 6) is -6.33. The molecule has 7 nitrogen and oxygen atoms in total. The molecule has 0 aromatic rings. The average molecular weight is 833 g/mol. The monoisotopic (exact) mass is 833 g/mol. The van der Waals surface area contributed by atoms with Crippen LogP contribution in [0.5, 0.6) is 0 Å². The third kappa shape index (κ3) is 37.8. The number of unbranched alkanes of at least 4 members (excludes halogenated alkanes) is 20. The van der Waals surface area contributed by atoms with Crippen molar-refractivity contribution in [3.63, 3.8) is 0 Å². The van der Waals surface area contributed by atoms with Gasteiger partial charge >= 0.3 is 11.9 Å². The number of allylic oxidation sites excluding steroid dienone is 2. The van der Waals surface area contributed by atoms with Gasteiger partial charge in [-0.05, 0) is 82.8 Å². The van der Waals surface area contributed by atoms with Gasteiger partial charge in [0.25, 0.3) is 11.8 Å². The number of carbonyl (C=O) groups excluding carboxylic acids is 3. The Hall–Kier alpha value is -2.43. The van der Waals surface area contributed by atoms with Crippen LogP contribution in [0.2, 0.25) is 0 Å². The molecule has 0 saturated heterocycles. The Bertz CT molecular complexity index is 986. The summed E-state index contributed by atoms with van der Waals surface area (Å²) in [5.41, 5.74) is 0. The van der Waals surface area contributed by atoms with E-state index in [9.17, 15) is 31.9 Å². The first-order valence-electron chi connectivity index (χ1n) is 23.3. The van der Waals surface area contributed by atoms with Crippen molar-refractivity contribution >= 4 is 17.8 Å². The summed E-state index contributed by atoms with van der Waals surface area (Å²) in [6.45, 7) is 6.21. The topological polar surface area (TPSA) is 84.9 Å². The molecule has 0 fully saturated rings. The number of carbonyl (C=O) groups is 3. The van der Waals surface area contributed by atoms with E-state index < -0.39 is 11.8 Å². The van der Waals surface area contributed by atoms with E-state index in [2.05, 4.69) is 19.2 Å². The molecule has 0 aliphatic heterocycles. The molecule has 0 bridgehead atoms. The van der Waals surface area contributed by atoms with Gasteiger partial charge in [-0.1, -0.05) is 129 Å². The Morgan fingerprint density at radius 3 is 1.26 bits per heavy atom. The van der Waals surface area contributed by atoms with E-state index in [0.29, 0.717) is 45.2 Å². The van der Waals surface area contributed by atoms with Crippen LogP contribution in [0.4, 0.5) is 17.6 Å². The smallest absolute Gasteiger partial charge is 0.306 e. The first kappa shape index (κ1) is 55.6. The molecule has 1 amide bonds. The van der Waals surface area contributed by atoms with Crippen molar-refractivity contribution in [2.45, 2.75) is 218 Å². The number of rotatable bonds is 42. The zero-order valence-corrected chi connectivity index (χ0v) is 37.1. The number of esters is 2. The number of halogens is 4. The largest absolute Gasteiger partial charge is 0.461 e. The second-order valence-corrected chi connectivity index (χ2v) is 16.1. The van der Waals surface area contributed by atoms with Crippen LogP contribution in [-0.2, 0) is 23.9 Å². The normalized spacial score (nSPS) is 12.2. The Labute approximate surface area is 351 Å². The molecule has 0 unspecified atom stereocenters. The lowest BCUT2D eigenvalue weighted by molar-refractivity contribution is -0.143. The molecule has 0 saturated carbocycles. The maximum absolute atomic E-state index is 14.1. The molecule has 0 aromatic carbocycles. The van der Waals surface area contributed by atoms with Crippen LogP contribution in [-0.4, -0.2) is 74.5 Å². The second-order valence-electron chi connectivity index (χ2n) is 16.1. The van der Waals surface area contributed by atoms with Crippen molar-refractivity contribution in [3.8, 4) is 0 Å². The molecular formula is C47H84F4N2O5. The van der Waals surface area contributed by atoms with Gasteiger partial charge in [0.2, 0.25) is 5.91 Å². The predicted molar refractivity (Wildman–Crippen MR) is 230 cm³/mol. The Morgan fingerprint density at radius 1 is 0.500 bits per heavy atom. The maximum Gasteiger partial charge on any atom is 0.306 e. The quantitative estimate of drug-likeness (QED) is 0.0285. The highest BCUT2D eigenvalue weighted by atomic mass is 19.3. The SMILES string of the molecule is CCCCCCCCCC(F)(F)/C=C\COC(=O)CCCCCCCN(CCCCCCCC(=O)OC/C=C\C(F)(F)CCCCCCCCC)C(=O)CCCNC. The summed E-state index contributed by atoms with van der Waals surface area (Å²) in [6.07, 6.45) is 28.2. The molecule has 0 aromatic heterocycles. The number of ether oxygens (including phenoxy) is 2.